The first kappa shape index (κ1) is 12.9. The van der Waals surface area contributed by atoms with Gasteiger partial charge in [-0.1, -0.05) is 20.8 Å². The fourth-order valence-corrected chi connectivity index (χ4v) is 1.81. The Morgan fingerprint density at radius 1 is 1.47 bits per heavy atom. The van der Waals surface area contributed by atoms with Crippen molar-refractivity contribution >= 4 is 0 Å². The van der Waals surface area contributed by atoms with E-state index in [0.717, 1.165) is 32.6 Å². The molecule has 0 amide bonds. The summed E-state index contributed by atoms with van der Waals surface area (Å²) in [5.41, 5.74) is -0.00693. The van der Waals surface area contributed by atoms with E-state index in [2.05, 4.69) is 32.7 Å². The number of likely N-dealkylation sites (N-methyl/N-ethyl adjacent to an activating group) is 1. The van der Waals surface area contributed by atoms with Crippen LogP contribution >= 0.6 is 0 Å². The molecule has 0 aromatic rings. The summed E-state index contributed by atoms with van der Waals surface area (Å²) in [5.74, 6) is 0. The highest BCUT2D eigenvalue weighted by molar-refractivity contribution is 4.77. The van der Waals surface area contributed by atoms with Gasteiger partial charge in [0, 0.05) is 19.2 Å². The van der Waals surface area contributed by atoms with Crippen LogP contribution in [0.1, 0.15) is 33.6 Å². The summed E-state index contributed by atoms with van der Waals surface area (Å²) in [6.07, 6.45) is 1.75. The van der Waals surface area contributed by atoms with Crippen LogP contribution < -0.4 is 0 Å². The van der Waals surface area contributed by atoms with E-state index in [4.69, 9.17) is 4.74 Å². The number of nitrogens with zero attached hydrogens (tertiary/aromatic N) is 1. The van der Waals surface area contributed by atoms with Gasteiger partial charge in [0.15, 0.2) is 0 Å². The summed E-state index contributed by atoms with van der Waals surface area (Å²) in [7, 11) is 2.12. The molecule has 15 heavy (non-hydrogen) atoms. The molecule has 1 rings (SSSR count). The van der Waals surface area contributed by atoms with E-state index in [-0.39, 0.29) is 11.5 Å². The average molecular weight is 215 g/mol. The van der Waals surface area contributed by atoms with E-state index in [9.17, 15) is 5.11 Å². The molecule has 0 aromatic carbocycles. The maximum atomic E-state index is 9.92. The summed E-state index contributed by atoms with van der Waals surface area (Å²) >= 11 is 0. The van der Waals surface area contributed by atoms with Crippen molar-refractivity contribution in [3.63, 3.8) is 0 Å². The van der Waals surface area contributed by atoms with E-state index in [1.165, 1.54) is 0 Å². The van der Waals surface area contributed by atoms with Gasteiger partial charge in [0.2, 0.25) is 0 Å². The van der Waals surface area contributed by atoms with Gasteiger partial charge in [0.05, 0.1) is 12.7 Å². The van der Waals surface area contributed by atoms with E-state index in [1.807, 2.05) is 0 Å². The maximum absolute atomic E-state index is 9.92. The van der Waals surface area contributed by atoms with Crippen molar-refractivity contribution in [3.8, 4) is 0 Å². The van der Waals surface area contributed by atoms with Gasteiger partial charge in [0.25, 0.3) is 0 Å². The number of ether oxygens (including phenoxy) is 1. The summed E-state index contributed by atoms with van der Waals surface area (Å²) in [6.45, 7) is 8.93. The van der Waals surface area contributed by atoms with E-state index < -0.39 is 0 Å². The minimum absolute atomic E-state index is 0.00693. The smallest absolute Gasteiger partial charge is 0.0622 e. The largest absolute Gasteiger partial charge is 0.393 e. The second-order valence-corrected chi connectivity index (χ2v) is 5.67. The van der Waals surface area contributed by atoms with E-state index in [1.54, 1.807) is 0 Å². The lowest BCUT2D eigenvalue weighted by Crippen LogP contribution is -2.36. The lowest BCUT2D eigenvalue weighted by molar-refractivity contribution is 0.0432. The first-order valence-electron chi connectivity index (χ1n) is 5.87. The van der Waals surface area contributed by atoms with Gasteiger partial charge in [-0.3, -0.25) is 0 Å². The minimum Gasteiger partial charge on any atom is -0.393 e. The Labute approximate surface area is 93.4 Å². The zero-order chi connectivity index (χ0) is 11.5. The van der Waals surface area contributed by atoms with E-state index >= 15 is 0 Å². The molecule has 2 unspecified atom stereocenters. The summed E-state index contributed by atoms with van der Waals surface area (Å²) < 4.78 is 5.35. The first-order valence-corrected chi connectivity index (χ1v) is 5.87. The Hall–Kier alpha value is -0.120. The third kappa shape index (κ3) is 4.09. The van der Waals surface area contributed by atoms with Crippen LogP contribution in [0.2, 0.25) is 0 Å². The SMILES string of the molecule is CN(CCC(O)C(C)(C)C)C1CCOC1. The second kappa shape index (κ2) is 5.28. The van der Waals surface area contributed by atoms with Gasteiger partial charge in [0.1, 0.15) is 0 Å². The molecule has 3 heteroatoms. The topological polar surface area (TPSA) is 32.7 Å². The third-order valence-corrected chi connectivity index (χ3v) is 3.28. The Kier molecular flexibility index (Phi) is 4.56. The second-order valence-electron chi connectivity index (χ2n) is 5.67. The van der Waals surface area contributed by atoms with Crippen LogP contribution in [0.5, 0.6) is 0 Å². The fourth-order valence-electron chi connectivity index (χ4n) is 1.81. The predicted molar refractivity (Wildman–Crippen MR) is 61.9 cm³/mol. The predicted octanol–water partition coefficient (Wildman–Crippen LogP) is 1.50. The van der Waals surface area contributed by atoms with Crippen LogP contribution in [0.4, 0.5) is 0 Å². The summed E-state index contributed by atoms with van der Waals surface area (Å²) in [4.78, 5) is 2.31. The normalized spacial score (nSPS) is 24.8. The third-order valence-electron chi connectivity index (χ3n) is 3.28. The molecule has 1 aliphatic rings. The zero-order valence-electron chi connectivity index (χ0n) is 10.5. The number of aliphatic hydroxyl groups excluding tert-OH is 1. The van der Waals surface area contributed by atoms with Crippen molar-refractivity contribution in [2.24, 2.45) is 5.41 Å². The van der Waals surface area contributed by atoms with Crippen LogP contribution in [-0.2, 0) is 4.74 Å². The Morgan fingerprint density at radius 3 is 2.60 bits per heavy atom. The molecular weight excluding hydrogens is 190 g/mol. The molecule has 1 heterocycles. The highest BCUT2D eigenvalue weighted by atomic mass is 16.5. The lowest BCUT2D eigenvalue weighted by Gasteiger charge is -2.29. The summed E-state index contributed by atoms with van der Waals surface area (Å²) in [5, 5.41) is 9.92. The molecule has 1 N–H and O–H groups in total. The first-order chi connectivity index (χ1) is 6.91. The molecule has 1 saturated heterocycles. The monoisotopic (exact) mass is 215 g/mol. The molecule has 1 fully saturated rings. The number of hydrogen-bond acceptors (Lipinski definition) is 3. The van der Waals surface area contributed by atoms with Crippen molar-refractivity contribution in [1.29, 1.82) is 0 Å². The van der Waals surface area contributed by atoms with E-state index in [0.29, 0.717) is 6.04 Å². The molecule has 0 radical (unpaired) electrons. The van der Waals surface area contributed by atoms with Crippen LogP contribution in [0.15, 0.2) is 0 Å². The Bertz CT molecular complexity index is 183. The van der Waals surface area contributed by atoms with Gasteiger partial charge < -0.3 is 14.7 Å². The van der Waals surface area contributed by atoms with Gasteiger partial charge in [-0.15, -0.1) is 0 Å². The fraction of sp³-hybridized carbons (Fsp3) is 1.00. The maximum Gasteiger partial charge on any atom is 0.0622 e. The molecule has 0 aliphatic carbocycles. The molecule has 0 spiro atoms. The Morgan fingerprint density at radius 2 is 2.13 bits per heavy atom. The quantitative estimate of drug-likeness (QED) is 0.771. The van der Waals surface area contributed by atoms with Gasteiger partial charge in [-0.2, -0.15) is 0 Å². The molecule has 1 aliphatic heterocycles. The number of hydrogen-bond donors (Lipinski definition) is 1. The molecule has 0 saturated carbocycles. The molecule has 90 valence electrons. The highest BCUT2D eigenvalue weighted by Gasteiger charge is 2.24. The van der Waals surface area contributed by atoms with Crippen LogP contribution in [0.3, 0.4) is 0 Å². The van der Waals surface area contributed by atoms with Crippen molar-refractivity contribution in [3.05, 3.63) is 0 Å². The van der Waals surface area contributed by atoms with Crippen LogP contribution in [-0.4, -0.2) is 49.0 Å². The van der Waals surface area contributed by atoms with Crippen molar-refractivity contribution < 1.29 is 9.84 Å². The molecular formula is C12H25NO2. The molecule has 0 aromatic heterocycles. The van der Waals surface area contributed by atoms with Crippen LogP contribution in [0.25, 0.3) is 0 Å². The minimum atomic E-state index is -0.220. The average Bonchev–Trinajstić information content (AvgIpc) is 2.64. The van der Waals surface area contributed by atoms with Crippen molar-refractivity contribution in [1.82, 2.24) is 4.90 Å². The molecule has 2 atom stereocenters. The Balaban J connectivity index is 2.24. The van der Waals surface area contributed by atoms with Gasteiger partial charge >= 0.3 is 0 Å². The highest BCUT2D eigenvalue weighted by Crippen LogP contribution is 2.22. The van der Waals surface area contributed by atoms with Crippen molar-refractivity contribution in [2.75, 3.05) is 26.8 Å². The number of rotatable bonds is 4. The standard InChI is InChI=1S/C12H25NO2/c1-12(2,3)11(14)5-7-13(4)10-6-8-15-9-10/h10-11,14H,5-9H2,1-4H3. The molecule has 3 nitrogen and oxygen atoms in total. The van der Waals surface area contributed by atoms with Crippen molar-refractivity contribution in [2.45, 2.75) is 45.8 Å². The summed E-state index contributed by atoms with van der Waals surface area (Å²) in [6, 6.07) is 0.553. The zero-order valence-corrected chi connectivity index (χ0v) is 10.5. The van der Waals surface area contributed by atoms with Crippen LogP contribution in [0, 0.1) is 5.41 Å². The van der Waals surface area contributed by atoms with Gasteiger partial charge in [-0.05, 0) is 25.3 Å². The van der Waals surface area contributed by atoms with Gasteiger partial charge in [-0.25, -0.2) is 0 Å². The molecule has 0 bridgehead atoms. The lowest BCUT2D eigenvalue weighted by atomic mass is 9.87. The number of aliphatic hydroxyl groups is 1.